The van der Waals surface area contributed by atoms with Gasteiger partial charge in [0.05, 0.1) is 25.7 Å². The quantitative estimate of drug-likeness (QED) is 0.209. The van der Waals surface area contributed by atoms with Crippen molar-refractivity contribution in [1.82, 2.24) is 20.5 Å². The molecule has 0 saturated heterocycles. The number of benzene rings is 2. The van der Waals surface area contributed by atoms with Gasteiger partial charge in [-0.2, -0.15) is 0 Å². The Labute approximate surface area is 233 Å². The van der Waals surface area contributed by atoms with E-state index in [9.17, 15) is 4.79 Å². The fourth-order valence-corrected chi connectivity index (χ4v) is 5.53. The van der Waals surface area contributed by atoms with E-state index in [0.717, 1.165) is 11.3 Å². The van der Waals surface area contributed by atoms with E-state index in [0.29, 0.717) is 70.4 Å². The fraction of sp³-hybridized carbons (Fsp3) is 0.0870. The topological polar surface area (TPSA) is 119 Å². The molecule has 0 fully saturated rings. The number of rotatable bonds is 5. The zero-order valence-electron chi connectivity index (χ0n) is 18.9. The Morgan fingerprint density at radius 1 is 0.757 bits per heavy atom. The molecule has 2 aromatic carbocycles. The number of urea groups is 1. The second-order valence-electron chi connectivity index (χ2n) is 7.61. The van der Waals surface area contributed by atoms with Crippen LogP contribution in [0.3, 0.4) is 0 Å². The zero-order valence-corrected chi connectivity index (χ0v) is 22.7. The van der Waals surface area contributed by atoms with E-state index >= 15 is 0 Å². The highest BCUT2D eigenvalue weighted by atomic mass is 35.5. The summed E-state index contributed by atoms with van der Waals surface area (Å²) in [6, 6.07) is 9.56. The molecule has 5 aromatic rings. The lowest BCUT2D eigenvalue weighted by molar-refractivity contribution is 0.262. The Morgan fingerprint density at radius 2 is 1.30 bits per heavy atom. The first-order valence-electron chi connectivity index (χ1n) is 10.5. The van der Waals surface area contributed by atoms with E-state index in [1.54, 1.807) is 50.2 Å². The average Bonchev–Trinajstić information content (AvgIpc) is 3.54. The molecule has 0 atom stereocenters. The van der Waals surface area contributed by atoms with E-state index in [4.69, 9.17) is 55.4 Å². The van der Waals surface area contributed by atoms with Gasteiger partial charge in [0.2, 0.25) is 5.13 Å². The number of hydrogen-bond donors (Lipinski definition) is 2. The predicted octanol–water partition coefficient (Wildman–Crippen LogP) is 8.39. The first-order chi connectivity index (χ1) is 17.7. The number of nitrogens with zero attached hydrogens (tertiary/aromatic N) is 4. The molecule has 0 aliphatic carbocycles. The number of halogens is 4. The average molecular weight is 596 g/mol. The van der Waals surface area contributed by atoms with Crippen LogP contribution in [0.2, 0.25) is 20.1 Å². The first-order valence-corrected chi connectivity index (χ1v) is 12.8. The first kappa shape index (κ1) is 25.5. The lowest BCUT2D eigenvalue weighted by atomic mass is 10.1. The van der Waals surface area contributed by atoms with Crippen LogP contribution in [0.25, 0.3) is 33.1 Å². The zero-order chi connectivity index (χ0) is 26.3. The molecule has 0 unspecified atom stereocenters. The summed E-state index contributed by atoms with van der Waals surface area (Å²) >= 11 is 26.5. The van der Waals surface area contributed by atoms with E-state index in [1.807, 2.05) is 0 Å². The molecule has 0 spiro atoms. The second-order valence-corrected chi connectivity index (χ2v) is 10.2. The van der Waals surface area contributed by atoms with Crippen LogP contribution in [0.5, 0.6) is 0 Å². The molecule has 9 nitrogen and oxygen atoms in total. The molecule has 188 valence electrons. The van der Waals surface area contributed by atoms with Crippen molar-refractivity contribution in [2.24, 2.45) is 0 Å². The maximum absolute atomic E-state index is 12.8. The molecule has 2 N–H and O–H groups in total. The van der Waals surface area contributed by atoms with E-state index < -0.39 is 6.03 Å². The number of carbonyl (C=O) groups is 1. The van der Waals surface area contributed by atoms with Gasteiger partial charge in [-0.3, -0.25) is 5.32 Å². The maximum Gasteiger partial charge on any atom is 0.325 e. The number of aryl methyl sites for hydroxylation is 2. The third kappa shape index (κ3) is 4.90. The summed E-state index contributed by atoms with van der Waals surface area (Å²) < 4.78 is 10.7. The number of anilines is 2. The monoisotopic (exact) mass is 594 g/mol. The summed E-state index contributed by atoms with van der Waals surface area (Å²) in [7, 11) is 0. The van der Waals surface area contributed by atoms with Crippen molar-refractivity contribution in [2.75, 3.05) is 10.6 Å². The minimum atomic E-state index is -0.602. The highest BCUT2D eigenvalue weighted by Crippen LogP contribution is 2.43. The van der Waals surface area contributed by atoms with Crippen LogP contribution in [0.4, 0.5) is 15.6 Å². The molecule has 0 aliphatic heterocycles. The summed E-state index contributed by atoms with van der Waals surface area (Å²) in [6.07, 6.45) is 0. The second kappa shape index (κ2) is 10.3. The van der Waals surface area contributed by atoms with Gasteiger partial charge < -0.3 is 14.4 Å². The van der Waals surface area contributed by atoms with Crippen molar-refractivity contribution >= 4 is 74.6 Å². The summed E-state index contributed by atoms with van der Waals surface area (Å²) in [5, 5.41) is 24.0. The van der Waals surface area contributed by atoms with Gasteiger partial charge >= 0.3 is 6.03 Å². The maximum atomic E-state index is 12.8. The van der Waals surface area contributed by atoms with Gasteiger partial charge in [0.15, 0.2) is 10.8 Å². The largest absolute Gasteiger partial charge is 0.360 e. The van der Waals surface area contributed by atoms with Crippen molar-refractivity contribution in [3.8, 4) is 33.1 Å². The highest BCUT2D eigenvalue weighted by Gasteiger charge is 2.25. The van der Waals surface area contributed by atoms with Gasteiger partial charge in [0.25, 0.3) is 0 Å². The molecule has 37 heavy (non-hydrogen) atoms. The van der Waals surface area contributed by atoms with Gasteiger partial charge in [-0.15, -0.1) is 10.2 Å². The minimum Gasteiger partial charge on any atom is -0.360 e. The van der Waals surface area contributed by atoms with Gasteiger partial charge in [0, 0.05) is 11.1 Å². The summed E-state index contributed by atoms with van der Waals surface area (Å²) in [4.78, 5) is 12.8. The molecule has 5 rings (SSSR count). The molecule has 3 aromatic heterocycles. The molecular weight excluding hydrogens is 582 g/mol. The molecule has 0 saturated carbocycles. The Hall–Kier alpha value is -3.15. The SMILES string of the molecule is Cc1onc(-c2c(Cl)cccc2Cl)c1NC(=O)Nc1nnc(-c2c(-c3c(Cl)cccc3Cl)noc2C)s1. The van der Waals surface area contributed by atoms with E-state index in [1.165, 1.54) is 0 Å². The van der Waals surface area contributed by atoms with E-state index in [-0.39, 0.29) is 5.13 Å². The predicted molar refractivity (Wildman–Crippen MR) is 145 cm³/mol. The molecule has 0 bridgehead atoms. The van der Waals surface area contributed by atoms with Crippen LogP contribution in [0.1, 0.15) is 11.5 Å². The molecule has 14 heteroatoms. The Kier molecular flexibility index (Phi) is 7.11. The minimum absolute atomic E-state index is 0.218. The number of nitrogens with one attached hydrogen (secondary N) is 2. The van der Waals surface area contributed by atoms with Crippen molar-refractivity contribution in [3.63, 3.8) is 0 Å². The van der Waals surface area contributed by atoms with Gasteiger partial charge in [-0.25, -0.2) is 4.79 Å². The normalized spacial score (nSPS) is 11.1. The number of carbonyl (C=O) groups excluding carboxylic acids is 1. The van der Waals surface area contributed by atoms with Gasteiger partial charge in [-0.1, -0.05) is 80.2 Å². The molecule has 2 amide bonds. The summed E-state index contributed by atoms with van der Waals surface area (Å²) in [6.45, 7) is 3.38. The Balaban J connectivity index is 1.40. The van der Waals surface area contributed by atoms with Crippen molar-refractivity contribution in [3.05, 3.63) is 68.0 Å². The fourth-order valence-electron chi connectivity index (χ4n) is 3.55. The molecule has 0 radical (unpaired) electrons. The van der Waals surface area contributed by atoms with Crippen LogP contribution in [0.15, 0.2) is 45.4 Å². The standard InChI is InChI=1S/C23H14Cl4N6O3S/c1-9-15(19(32-35-9)16-11(24)5-3-6-12(16)25)21-30-31-23(37-21)29-22(34)28-18-10(2)36-33-20(18)17-13(26)7-4-8-14(17)27/h3-8H,1-2H3,(H2,28,29,31,34). The lowest BCUT2D eigenvalue weighted by Gasteiger charge is -2.08. The van der Waals surface area contributed by atoms with E-state index in [2.05, 4.69) is 31.1 Å². The van der Waals surface area contributed by atoms with Crippen LogP contribution in [0, 0.1) is 13.8 Å². The number of amides is 2. The third-order valence-corrected chi connectivity index (χ3v) is 7.34. The highest BCUT2D eigenvalue weighted by molar-refractivity contribution is 7.18. The Morgan fingerprint density at radius 3 is 1.92 bits per heavy atom. The number of aromatic nitrogens is 4. The van der Waals surface area contributed by atoms with Crippen LogP contribution >= 0.6 is 57.7 Å². The van der Waals surface area contributed by atoms with Crippen LogP contribution < -0.4 is 10.6 Å². The number of hydrogen-bond acceptors (Lipinski definition) is 8. The van der Waals surface area contributed by atoms with Gasteiger partial charge in [-0.05, 0) is 38.1 Å². The Bertz CT molecular complexity index is 1610. The summed E-state index contributed by atoms with van der Waals surface area (Å²) in [5.41, 5.74) is 2.53. The van der Waals surface area contributed by atoms with Gasteiger partial charge in [0.1, 0.15) is 22.8 Å². The lowest BCUT2D eigenvalue weighted by Crippen LogP contribution is -2.20. The third-order valence-electron chi connectivity index (χ3n) is 5.22. The molecular formula is C23H14Cl4N6O3S. The van der Waals surface area contributed by atoms with Crippen LogP contribution in [-0.2, 0) is 0 Å². The van der Waals surface area contributed by atoms with Crippen molar-refractivity contribution in [1.29, 1.82) is 0 Å². The molecule has 3 heterocycles. The smallest absolute Gasteiger partial charge is 0.325 e. The van der Waals surface area contributed by atoms with Crippen LogP contribution in [-0.4, -0.2) is 26.5 Å². The summed E-state index contributed by atoms with van der Waals surface area (Å²) in [5.74, 6) is 0.847. The van der Waals surface area contributed by atoms with Crippen molar-refractivity contribution < 1.29 is 13.8 Å². The molecule has 0 aliphatic rings. The van der Waals surface area contributed by atoms with Crippen molar-refractivity contribution in [2.45, 2.75) is 13.8 Å².